The molecule has 4 aromatic rings. The number of aryl methyl sites for hydroxylation is 1. The Labute approximate surface area is 129 Å². The summed E-state index contributed by atoms with van der Waals surface area (Å²) >= 11 is 3.34. The van der Waals surface area contributed by atoms with Gasteiger partial charge in [-0.1, -0.05) is 23.9 Å². The van der Waals surface area contributed by atoms with Crippen molar-refractivity contribution in [3.05, 3.63) is 53.4 Å². The van der Waals surface area contributed by atoms with Crippen LogP contribution >= 0.6 is 23.1 Å². The topological polar surface area (TPSA) is 43.1 Å². The van der Waals surface area contributed by atoms with Crippen molar-refractivity contribution in [1.82, 2.24) is 19.4 Å². The molecule has 0 unspecified atom stereocenters. The van der Waals surface area contributed by atoms with Crippen LogP contribution in [-0.4, -0.2) is 19.4 Å². The second kappa shape index (κ2) is 5.13. The highest BCUT2D eigenvalue weighted by atomic mass is 32.2. The second-order valence-electron chi connectivity index (χ2n) is 4.72. The lowest BCUT2D eigenvalue weighted by atomic mass is 10.3. The van der Waals surface area contributed by atoms with Gasteiger partial charge in [0, 0.05) is 23.5 Å². The average molecular weight is 312 g/mol. The van der Waals surface area contributed by atoms with Crippen LogP contribution in [0.5, 0.6) is 0 Å². The monoisotopic (exact) mass is 312 g/mol. The lowest BCUT2D eigenvalue weighted by Crippen LogP contribution is -1.93. The van der Waals surface area contributed by atoms with Gasteiger partial charge in [0.1, 0.15) is 5.03 Å². The van der Waals surface area contributed by atoms with E-state index >= 15 is 0 Å². The Morgan fingerprint density at radius 2 is 1.95 bits per heavy atom. The highest BCUT2D eigenvalue weighted by molar-refractivity contribution is 7.98. The number of para-hydroxylation sites is 2. The van der Waals surface area contributed by atoms with Crippen LogP contribution in [0.2, 0.25) is 0 Å². The first-order chi connectivity index (χ1) is 10.3. The van der Waals surface area contributed by atoms with E-state index in [1.54, 1.807) is 23.1 Å². The van der Waals surface area contributed by atoms with Crippen molar-refractivity contribution in [2.45, 2.75) is 17.7 Å². The lowest BCUT2D eigenvalue weighted by molar-refractivity contribution is 1.04. The minimum Gasteiger partial charge on any atom is -0.297 e. The van der Waals surface area contributed by atoms with E-state index < -0.39 is 0 Å². The summed E-state index contributed by atoms with van der Waals surface area (Å²) in [5, 5.41) is 3.02. The SMILES string of the molecule is Cc1nc2ccccc2nc1SCc1cn2ccsc2n1. The number of rotatable bonds is 3. The Kier molecular flexibility index (Phi) is 3.12. The highest BCUT2D eigenvalue weighted by Crippen LogP contribution is 2.25. The van der Waals surface area contributed by atoms with E-state index in [0.29, 0.717) is 0 Å². The Bertz CT molecular complexity index is 897. The van der Waals surface area contributed by atoms with Gasteiger partial charge in [0.05, 0.1) is 22.4 Å². The molecule has 104 valence electrons. The summed E-state index contributed by atoms with van der Waals surface area (Å²) in [7, 11) is 0. The molecule has 6 heteroatoms. The van der Waals surface area contributed by atoms with E-state index in [4.69, 9.17) is 4.98 Å². The maximum absolute atomic E-state index is 4.70. The lowest BCUT2D eigenvalue weighted by Gasteiger charge is -2.05. The van der Waals surface area contributed by atoms with E-state index in [2.05, 4.69) is 20.6 Å². The number of nitrogens with zero attached hydrogens (tertiary/aromatic N) is 4. The third-order valence-corrected chi connectivity index (χ3v) is 5.07. The molecule has 0 radical (unpaired) electrons. The van der Waals surface area contributed by atoms with Crippen molar-refractivity contribution in [3.63, 3.8) is 0 Å². The minimum absolute atomic E-state index is 0.808. The van der Waals surface area contributed by atoms with Gasteiger partial charge in [-0.3, -0.25) is 4.40 Å². The van der Waals surface area contributed by atoms with Crippen molar-refractivity contribution >= 4 is 39.1 Å². The van der Waals surface area contributed by atoms with Crippen LogP contribution in [-0.2, 0) is 5.75 Å². The fraction of sp³-hybridized carbons (Fsp3) is 0.133. The molecule has 4 rings (SSSR count). The first kappa shape index (κ1) is 12.8. The number of fused-ring (bicyclic) bond motifs is 2. The van der Waals surface area contributed by atoms with Crippen LogP contribution in [0.3, 0.4) is 0 Å². The molecule has 1 aromatic carbocycles. The summed E-state index contributed by atoms with van der Waals surface area (Å²) < 4.78 is 2.06. The smallest absolute Gasteiger partial charge is 0.193 e. The summed E-state index contributed by atoms with van der Waals surface area (Å²) in [6.45, 7) is 2.01. The van der Waals surface area contributed by atoms with Gasteiger partial charge in [0.25, 0.3) is 0 Å². The molecule has 0 saturated heterocycles. The van der Waals surface area contributed by atoms with Crippen LogP contribution in [0.25, 0.3) is 16.0 Å². The van der Waals surface area contributed by atoms with Crippen LogP contribution in [0.15, 0.2) is 47.1 Å². The normalized spacial score (nSPS) is 11.5. The highest BCUT2D eigenvalue weighted by Gasteiger charge is 2.08. The minimum atomic E-state index is 0.808. The number of hydrogen-bond donors (Lipinski definition) is 0. The Hall–Kier alpha value is -1.92. The number of imidazole rings is 1. The molecule has 3 heterocycles. The maximum Gasteiger partial charge on any atom is 0.193 e. The molecule has 0 saturated carbocycles. The Morgan fingerprint density at radius 3 is 2.76 bits per heavy atom. The predicted octanol–water partition coefficient (Wildman–Crippen LogP) is 3.94. The van der Waals surface area contributed by atoms with Crippen molar-refractivity contribution < 1.29 is 0 Å². The molecule has 0 spiro atoms. The van der Waals surface area contributed by atoms with E-state index in [1.807, 2.05) is 42.8 Å². The van der Waals surface area contributed by atoms with Gasteiger partial charge in [-0.05, 0) is 19.1 Å². The van der Waals surface area contributed by atoms with Crippen LogP contribution in [0.4, 0.5) is 0 Å². The van der Waals surface area contributed by atoms with Crippen LogP contribution < -0.4 is 0 Å². The summed E-state index contributed by atoms with van der Waals surface area (Å²) in [5.41, 5.74) is 3.93. The van der Waals surface area contributed by atoms with Crippen molar-refractivity contribution in [2.24, 2.45) is 0 Å². The molecule has 0 aliphatic carbocycles. The number of benzene rings is 1. The molecule has 0 bridgehead atoms. The van der Waals surface area contributed by atoms with Crippen molar-refractivity contribution in [3.8, 4) is 0 Å². The molecule has 0 aliphatic rings. The van der Waals surface area contributed by atoms with E-state index in [-0.39, 0.29) is 0 Å². The number of thioether (sulfide) groups is 1. The van der Waals surface area contributed by atoms with E-state index in [0.717, 1.165) is 38.2 Å². The number of aromatic nitrogens is 4. The Morgan fingerprint density at radius 1 is 1.14 bits per heavy atom. The Balaban J connectivity index is 1.61. The van der Waals surface area contributed by atoms with Gasteiger partial charge in [-0.15, -0.1) is 11.3 Å². The molecule has 0 amide bonds. The zero-order valence-corrected chi connectivity index (χ0v) is 13.0. The van der Waals surface area contributed by atoms with Crippen molar-refractivity contribution in [2.75, 3.05) is 0 Å². The molecule has 21 heavy (non-hydrogen) atoms. The zero-order valence-electron chi connectivity index (χ0n) is 11.4. The summed E-state index contributed by atoms with van der Waals surface area (Å²) in [5.74, 6) is 0.808. The fourth-order valence-electron chi connectivity index (χ4n) is 2.20. The van der Waals surface area contributed by atoms with Crippen LogP contribution in [0, 0.1) is 6.92 Å². The molecule has 0 aliphatic heterocycles. The zero-order chi connectivity index (χ0) is 14.2. The van der Waals surface area contributed by atoms with Crippen molar-refractivity contribution in [1.29, 1.82) is 0 Å². The molecule has 0 fully saturated rings. The van der Waals surface area contributed by atoms with E-state index in [9.17, 15) is 0 Å². The van der Waals surface area contributed by atoms with Gasteiger partial charge < -0.3 is 0 Å². The third-order valence-electron chi connectivity index (χ3n) is 3.20. The summed E-state index contributed by atoms with van der Waals surface area (Å²) in [6.07, 6.45) is 4.10. The van der Waals surface area contributed by atoms with E-state index in [1.165, 1.54) is 0 Å². The fourth-order valence-corrected chi connectivity index (χ4v) is 3.76. The largest absolute Gasteiger partial charge is 0.297 e. The standard InChI is InChI=1S/C15H12N4S2/c1-10-14(18-13-5-3-2-4-12(13)16-10)21-9-11-8-19-6-7-20-15(19)17-11/h2-8H,9H2,1H3. The number of hydrogen-bond acceptors (Lipinski definition) is 5. The quantitative estimate of drug-likeness (QED) is 0.537. The maximum atomic E-state index is 4.70. The molecule has 4 nitrogen and oxygen atoms in total. The van der Waals surface area contributed by atoms with Gasteiger partial charge in [0.2, 0.25) is 0 Å². The van der Waals surface area contributed by atoms with Gasteiger partial charge in [0.15, 0.2) is 4.96 Å². The molecule has 0 atom stereocenters. The molecular formula is C15H12N4S2. The van der Waals surface area contributed by atoms with Gasteiger partial charge in [-0.2, -0.15) is 0 Å². The summed E-state index contributed by atoms with van der Waals surface area (Å²) in [4.78, 5) is 14.9. The second-order valence-corrected chi connectivity index (χ2v) is 6.55. The number of thiazole rings is 1. The van der Waals surface area contributed by atoms with Gasteiger partial charge in [-0.25, -0.2) is 15.0 Å². The first-order valence-electron chi connectivity index (χ1n) is 6.57. The third kappa shape index (κ3) is 2.41. The van der Waals surface area contributed by atoms with Gasteiger partial charge >= 0.3 is 0 Å². The van der Waals surface area contributed by atoms with Crippen LogP contribution in [0.1, 0.15) is 11.4 Å². The predicted molar refractivity (Wildman–Crippen MR) is 86.9 cm³/mol. The molecule has 3 aromatic heterocycles. The molecule has 0 N–H and O–H groups in total. The summed E-state index contributed by atoms with van der Waals surface area (Å²) in [6, 6.07) is 7.97. The molecular weight excluding hydrogens is 300 g/mol. The average Bonchev–Trinajstić information content (AvgIpc) is 3.06. The first-order valence-corrected chi connectivity index (χ1v) is 8.43.